The molecule has 0 amide bonds. The Labute approximate surface area is 96.3 Å². The van der Waals surface area contributed by atoms with Gasteiger partial charge in [-0.05, 0) is 12.6 Å². The second-order valence-corrected chi connectivity index (χ2v) is 6.03. The lowest BCUT2D eigenvalue weighted by atomic mass is 10.2. The molecule has 5 heteroatoms. The van der Waals surface area contributed by atoms with Crippen molar-refractivity contribution in [2.75, 3.05) is 20.1 Å². The van der Waals surface area contributed by atoms with Crippen LogP contribution >= 0.6 is 0 Å². The highest BCUT2D eigenvalue weighted by Gasteiger charge is 2.27. The maximum Gasteiger partial charge on any atom is 0.216 e. The first-order chi connectivity index (χ1) is 7.55. The number of sulfonamides is 1. The topological polar surface area (TPSA) is 49.4 Å². The number of likely N-dealkylation sites (N-methyl/N-ethyl adjacent to an activating group) is 1. The Balaban J connectivity index is 1.93. The zero-order chi connectivity index (χ0) is 11.6. The van der Waals surface area contributed by atoms with E-state index in [1.165, 1.54) is 0 Å². The molecular weight excluding hydrogens is 224 g/mol. The van der Waals surface area contributed by atoms with E-state index in [-0.39, 0.29) is 11.8 Å². The zero-order valence-electron chi connectivity index (χ0n) is 9.26. The van der Waals surface area contributed by atoms with E-state index in [4.69, 9.17) is 0 Å². The van der Waals surface area contributed by atoms with Crippen molar-refractivity contribution in [2.24, 2.45) is 0 Å². The van der Waals surface area contributed by atoms with Gasteiger partial charge in [0.15, 0.2) is 0 Å². The van der Waals surface area contributed by atoms with Crippen LogP contribution in [-0.2, 0) is 15.8 Å². The van der Waals surface area contributed by atoms with E-state index < -0.39 is 10.0 Å². The van der Waals surface area contributed by atoms with Crippen molar-refractivity contribution in [3.05, 3.63) is 35.9 Å². The van der Waals surface area contributed by atoms with Crippen molar-refractivity contribution in [3.63, 3.8) is 0 Å². The average molecular weight is 240 g/mol. The lowest BCUT2D eigenvalue weighted by Gasteiger charge is -2.36. The van der Waals surface area contributed by atoms with Crippen LogP contribution in [0.25, 0.3) is 0 Å². The van der Waals surface area contributed by atoms with E-state index in [0.29, 0.717) is 0 Å². The molecule has 1 aliphatic rings. The van der Waals surface area contributed by atoms with Crippen LogP contribution in [0.2, 0.25) is 0 Å². The Kier molecular flexibility index (Phi) is 3.28. The molecule has 0 radical (unpaired) electrons. The first-order valence-corrected chi connectivity index (χ1v) is 6.93. The van der Waals surface area contributed by atoms with Gasteiger partial charge in [0.1, 0.15) is 0 Å². The summed E-state index contributed by atoms with van der Waals surface area (Å²) in [6.07, 6.45) is 0. The largest absolute Gasteiger partial charge is 0.303 e. The van der Waals surface area contributed by atoms with Crippen molar-refractivity contribution >= 4 is 10.0 Å². The summed E-state index contributed by atoms with van der Waals surface area (Å²) in [5.74, 6) is 0.0635. The van der Waals surface area contributed by atoms with Crippen molar-refractivity contribution < 1.29 is 8.42 Å². The van der Waals surface area contributed by atoms with Gasteiger partial charge in [-0.25, -0.2) is 13.1 Å². The van der Waals surface area contributed by atoms with E-state index in [9.17, 15) is 8.42 Å². The molecule has 16 heavy (non-hydrogen) atoms. The van der Waals surface area contributed by atoms with E-state index in [1.807, 2.05) is 37.4 Å². The number of nitrogens with zero attached hydrogens (tertiary/aromatic N) is 1. The van der Waals surface area contributed by atoms with E-state index in [0.717, 1.165) is 18.7 Å². The standard InChI is InChI=1S/C11H16N2O2S/c1-13-7-11(8-13)12-16(14,15)9-10-5-3-2-4-6-10/h2-6,11-12H,7-9H2,1H3. The highest BCUT2D eigenvalue weighted by molar-refractivity contribution is 7.88. The fourth-order valence-corrected chi connectivity index (χ4v) is 3.23. The van der Waals surface area contributed by atoms with Gasteiger partial charge in [-0.2, -0.15) is 0 Å². The molecule has 0 aromatic heterocycles. The molecule has 0 unspecified atom stereocenters. The third kappa shape index (κ3) is 3.04. The molecule has 1 aromatic carbocycles. The van der Waals surface area contributed by atoms with Gasteiger partial charge in [-0.1, -0.05) is 30.3 Å². The van der Waals surface area contributed by atoms with Crippen LogP contribution in [0.3, 0.4) is 0 Å². The first kappa shape index (κ1) is 11.6. The predicted molar refractivity (Wildman–Crippen MR) is 63.5 cm³/mol. The fourth-order valence-electron chi connectivity index (χ4n) is 1.86. The molecule has 4 nitrogen and oxygen atoms in total. The number of hydrogen-bond acceptors (Lipinski definition) is 3. The van der Waals surface area contributed by atoms with Gasteiger partial charge in [0.25, 0.3) is 0 Å². The molecule has 0 spiro atoms. The molecule has 1 fully saturated rings. The number of nitrogens with one attached hydrogen (secondary N) is 1. The molecule has 1 aromatic rings. The van der Waals surface area contributed by atoms with Crippen LogP contribution in [0.15, 0.2) is 30.3 Å². The Hall–Kier alpha value is -0.910. The van der Waals surface area contributed by atoms with Gasteiger partial charge < -0.3 is 4.90 Å². The molecular formula is C11H16N2O2S. The lowest BCUT2D eigenvalue weighted by Crippen LogP contribution is -2.57. The van der Waals surface area contributed by atoms with Crippen LogP contribution in [-0.4, -0.2) is 39.5 Å². The Bertz CT molecular complexity index is 438. The minimum Gasteiger partial charge on any atom is -0.303 e. The van der Waals surface area contributed by atoms with Gasteiger partial charge in [0.05, 0.1) is 5.75 Å². The van der Waals surface area contributed by atoms with Crippen molar-refractivity contribution in [3.8, 4) is 0 Å². The molecule has 0 aliphatic carbocycles. The summed E-state index contributed by atoms with van der Waals surface area (Å²) >= 11 is 0. The highest BCUT2D eigenvalue weighted by atomic mass is 32.2. The smallest absolute Gasteiger partial charge is 0.216 e. The molecule has 1 N–H and O–H groups in total. The number of rotatable bonds is 4. The molecule has 88 valence electrons. The van der Waals surface area contributed by atoms with Crippen LogP contribution in [0.4, 0.5) is 0 Å². The minimum atomic E-state index is -3.19. The van der Waals surface area contributed by atoms with Crippen LogP contribution < -0.4 is 4.72 Å². The lowest BCUT2D eigenvalue weighted by molar-refractivity contribution is 0.180. The third-order valence-electron chi connectivity index (χ3n) is 2.61. The summed E-state index contributed by atoms with van der Waals surface area (Å²) in [7, 11) is -1.22. The third-order valence-corrected chi connectivity index (χ3v) is 4.02. The second kappa shape index (κ2) is 4.53. The summed E-state index contributed by atoms with van der Waals surface area (Å²) in [5, 5.41) is 0. The van der Waals surface area contributed by atoms with Crippen molar-refractivity contribution in [1.29, 1.82) is 0 Å². The molecule has 0 atom stereocenters. The Morgan fingerprint density at radius 2 is 1.94 bits per heavy atom. The zero-order valence-corrected chi connectivity index (χ0v) is 10.1. The molecule has 2 rings (SSSR count). The second-order valence-electron chi connectivity index (χ2n) is 4.28. The molecule has 1 aliphatic heterocycles. The highest BCUT2D eigenvalue weighted by Crippen LogP contribution is 2.09. The summed E-state index contributed by atoms with van der Waals surface area (Å²) in [6, 6.07) is 9.31. The van der Waals surface area contributed by atoms with Crippen LogP contribution in [0.1, 0.15) is 5.56 Å². The van der Waals surface area contributed by atoms with Gasteiger partial charge in [0.2, 0.25) is 10.0 Å². The Morgan fingerprint density at radius 3 is 2.50 bits per heavy atom. The van der Waals surface area contributed by atoms with Crippen LogP contribution in [0, 0.1) is 0 Å². The number of hydrogen-bond donors (Lipinski definition) is 1. The SMILES string of the molecule is CN1CC(NS(=O)(=O)Cc2ccccc2)C1. The van der Waals surface area contributed by atoms with Gasteiger partial charge in [-0.3, -0.25) is 0 Å². The van der Waals surface area contributed by atoms with Crippen molar-refractivity contribution in [1.82, 2.24) is 9.62 Å². The molecule has 1 saturated heterocycles. The maximum absolute atomic E-state index is 11.8. The quantitative estimate of drug-likeness (QED) is 0.830. The normalized spacial score (nSPS) is 18.3. The van der Waals surface area contributed by atoms with E-state index in [1.54, 1.807) is 0 Å². The maximum atomic E-state index is 11.8. The van der Waals surface area contributed by atoms with Crippen LogP contribution in [0.5, 0.6) is 0 Å². The van der Waals surface area contributed by atoms with Crippen molar-refractivity contribution in [2.45, 2.75) is 11.8 Å². The van der Waals surface area contributed by atoms with E-state index >= 15 is 0 Å². The minimum absolute atomic E-state index is 0.0635. The van der Waals surface area contributed by atoms with Gasteiger partial charge in [0, 0.05) is 19.1 Å². The Morgan fingerprint density at radius 1 is 1.31 bits per heavy atom. The monoisotopic (exact) mass is 240 g/mol. The fraction of sp³-hybridized carbons (Fsp3) is 0.455. The number of benzene rings is 1. The average Bonchev–Trinajstić information content (AvgIpc) is 2.15. The summed E-state index contributed by atoms with van der Waals surface area (Å²) in [4.78, 5) is 2.08. The first-order valence-electron chi connectivity index (χ1n) is 5.28. The summed E-state index contributed by atoms with van der Waals surface area (Å²) in [5.41, 5.74) is 0.822. The predicted octanol–water partition coefficient (Wildman–Crippen LogP) is 0.420. The van der Waals surface area contributed by atoms with Gasteiger partial charge in [-0.15, -0.1) is 0 Å². The molecule has 0 saturated carbocycles. The van der Waals surface area contributed by atoms with E-state index in [2.05, 4.69) is 9.62 Å². The number of likely N-dealkylation sites (tertiary alicyclic amines) is 1. The summed E-state index contributed by atoms with van der Waals surface area (Å²) < 4.78 is 26.3. The molecule has 0 bridgehead atoms. The molecule has 1 heterocycles. The summed E-state index contributed by atoms with van der Waals surface area (Å²) in [6.45, 7) is 1.60. The van der Waals surface area contributed by atoms with Gasteiger partial charge >= 0.3 is 0 Å².